The van der Waals surface area contributed by atoms with Gasteiger partial charge in [0.15, 0.2) is 0 Å². The lowest BCUT2D eigenvalue weighted by Crippen LogP contribution is -2.46. The normalized spacial score (nSPS) is 20.0. The molecule has 1 saturated carbocycles. The van der Waals surface area contributed by atoms with E-state index in [4.69, 9.17) is 0 Å². The molecule has 2 aromatic heterocycles. The van der Waals surface area contributed by atoms with E-state index in [1.807, 2.05) is 41.4 Å². The Balaban J connectivity index is 1.43. The molecule has 1 aliphatic rings. The number of nitrogens with one attached hydrogen (secondary N) is 3. The molecule has 0 bridgehead atoms. The molecule has 6 nitrogen and oxygen atoms in total. The van der Waals surface area contributed by atoms with Gasteiger partial charge in [-0.25, -0.2) is 4.98 Å². The topological polar surface area (TPSA) is 76.8 Å². The average Bonchev–Trinajstić information content (AvgIpc) is 3.37. The number of carbonyl (C=O) groups is 1. The van der Waals surface area contributed by atoms with E-state index in [1.54, 1.807) is 6.33 Å². The van der Waals surface area contributed by atoms with Crippen molar-refractivity contribution in [2.75, 3.05) is 6.54 Å². The summed E-state index contributed by atoms with van der Waals surface area (Å²) in [7, 11) is 0. The monoisotopic (exact) mass is 365 g/mol. The lowest BCUT2D eigenvalue weighted by Gasteiger charge is -2.37. The van der Waals surface area contributed by atoms with Crippen LogP contribution in [0.5, 0.6) is 0 Å². The van der Waals surface area contributed by atoms with Crippen molar-refractivity contribution in [3.05, 3.63) is 54.2 Å². The fourth-order valence-electron chi connectivity index (χ4n) is 4.18. The second kappa shape index (κ2) is 7.96. The Labute approximate surface area is 159 Å². The molecule has 142 valence electrons. The van der Waals surface area contributed by atoms with Gasteiger partial charge in [0.05, 0.1) is 12.0 Å². The SMILES string of the molecule is CCN(C(=O)c1cc2ccccc2[nH]1)[C@H]1CCC[C@@H](NCc2c[nH]cn2)C1. The van der Waals surface area contributed by atoms with Crippen molar-refractivity contribution in [3.63, 3.8) is 0 Å². The minimum Gasteiger partial charge on any atom is -0.351 e. The van der Waals surface area contributed by atoms with E-state index in [2.05, 4.69) is 27.2 Å². The third-order valence-corrected chi connectivity index (χ3v) is 5.58. The molecule has 0 saturated heterocycles. The summed E-state index contributed by atoms with van der Waals surface area (Å²) in [5.74, 6) is 0.103. The molecule has 27 heavy (non-hydrogen) atoms. The van der Waals surface area contributed by atoms with Crippen molar-refractivity contribution in [2.45, 2.75) is 51.2 Å². The number of aromatic nitrogens is 3. The highest BCUT2D eigenvalue weighted by Crippen LogP contribution is 2.25. The van der Waals surface area contributed by atoms with Gasteiger partial charge in [0, 0.05) is 42.3 Å². The summed E-state index contributed by atoms with van der Waals surface area (Å²) in [5, 5.41) is 4.69. The largest absolute Gasteiger partial charge is 0.351 e. The minimum absolute atomic E-state index is 0.103. The first-order chi connectivity index (χ1) is 13.2. The van der Waals surface area contributed by atoms with Gasteiger partial charge in [0.1, 0.15) is 5.69 Å². The van der Waals surface area contributed by atoms with Gasteiger partial charge < -0.3 is 20.2 Å². The molecular weight excluding hydrogens is 338 g/mol. The number of hydrogen-bond donors (Lipinski definition) is 3. The molecule has 3 aromatic rings. The Bertz CT molecular complexity index is 852. The molecular formula is C21H27N5O. The van der Waals surface area contributed by atoms with E-state index >= 15 is 0 Å². The zero-order valence-corrected chi connectivity index (χ0v) is 15.7. The average molecular weight is 365 g/mol. The van der Waals surface area contributed by atoms with Gasteiger partial charge in [0.2, 0.25) is 0 Å². The van der Waals surface area contributed by atoms with Crippen molar-refractivity contribution < 1.29 is 4.79 Å². The zero-order chi connectivity index (χ0) is 18.6. The van der Waals surface area contributed by atoms with Gasteiger partial charge >= 0.3 is 0 Å². The van der Waals surface area contributed by atoms with Crippen molar-refractivity contribution >= 4 is 16.8 Å². The number of rotatable bonds is 6. The molecule has 0 radical (unpaired) electrons. The van der Waals surface area contributed by atoms with Crippen LogP contribution in [-0.2, 0) is 6.54 Å². The lowest BCUT2D eigenvalue weighted by molar-refractivity contribution is 0.0623. The van der Waals surface area contributed by atoms with Gasteiger partial charge in [-0.2, -0.15) is 0 Å². The van der Waals surface area contributed by atoms with Gasteiger partial charge in [-0.3, -0.25) is 4.79 Å². The lowest BCUT2D eigenvalue weighted by atomic mass is 9.89. The molecule has 1 fully saturated rings. The van der Waals surface area contributed by atoms with E-state index in [1.165, 1.54) is 0 Å². The van der Waals surface area contributed by atoms with Crippen molar-refractivity contribution in [2.24, 2.45) is 0 Å². The molecule has 1 amide bonds. The Morgan fingerprint density at radius 1 is 1.33 bits per heavy atom. The number of nitrogens with zero attached hydrogens (tertiary/aromatic N) is 2. The standard InChI is InChI=1S/C21H27N5O/c1-2-26(21(27)20-10-15-6-3-4-9-19(15)25-20)18-8-5-7-16(11-18)23-13-17-12-22-14-24-17/h3-4,6,9-10,12,14,16,18,23,25H,2,5,7-8,11,13H2,1H3,(H,22,24)/t16-,18+/m1/s1. The van der Waals surface area contributed by atoms with Crippen LogP contribution in [0.4, 0.5) is 0 Å². The van der Waals surface area contributed by atoms with Crippen molar-refractivity contribution in [1.29, 1.82) is 0 Å². The molecule has 3 N–H and O–H groups in total. The number of hydrogen-bond acceptors (Lipinski definition) is 3. The third kappa shape index (κ3) is 3.90. The zero-order valence-electron chi connectivity index (χ0n) is 15.7. The maximum absolute atomic E-state index is 13.2. The van der Waals surface area contributed by atoms with Crippen LogP contribution >= 0.6 is 0 Å². The fraction of sp³-hybridized carbons (Fsp3) is 0.429. The minimum atomic E-state index is 0.103. The van der Waals surface area contributed by atoms with Crippen LogP contribution in [0.25, 0.3) is 10.9 Å². The first-order valence-electron chi connectivity index (χ1n) is 9.84. The van der Waals surface area contributed by atoms with E-state index in [0.717, 1.165) is 55.4 Å². The van der Waals surface area contributed by atoms with E-state index in [0.29, 0.717) is 11.7 Å². The van der Waals surface area contributed by atoms with E-state index < -0.39 is 0 Å². The summed E-state index contributed by atoms with van der Waals surface area (Å²) in [5.41, 5.74) is 2.72. The van der Waals surface area contributed by atoms with Crippen LogP contribution < -0.4 is 5.32 Å². The Kier molecular flexibility index (Phi) is 5.25. The van der Waals surface area contributed by atoms with Crippen molar-refractivity contribution in [1.82, 2.24) is 25.2 Å². The highest BCUT2D eigenvalue weighted by atomic mass is 16.2. The summed E-state index contributed by atoms with van der Waals surface area (Å²) in [4.78, 5) is 25.7. The number of benzene rings is 1. The number of amides is 1. The molecule has 4 rings (SSSR count). The Hall–Kier alpha value is -2.60. The predicted molar refractivity (Wildman–Crippen MR) is 106 cm³/mol. The van der Waals surface area contributed by atoms with Crippen LogP contribution in [-0.4, -0.2) is 44.4 Å². The summed E-state index contributed by atoms with van der Waals surface area (Å²) < 4.78 is 0. The number of para-hydroxylation sites is 1. The summed E-state index contributed by atoms with van der Waals surface area (Å²) in [6, 6.07) is 10.7. The fourth-order valence-corrected chi connectivity index (χ4v) is 4.18. The van der Waals surface area contributed by atoms with Crippen LogP contribution in [0.3, 0.4) is 0 Å². The quantitative estimate of drug-likeness (QED) is 0.626. The van der Waals surface area contributed by atoms with E-state index in [-0.39, 0.29) is 11.9 Å². The van der Waals surface area contributed by atoms with Gasteiger partial charge in [-0.15, -0.1) is 0 Å². The smallest absolute Gasteiger partial charge is 0.270 e. The number of H-pyrrole nitrogens is 2. The maximum atomic E-state index is 13.2. The van der Waals surface area contributed by atoms with Crippen LogP contribution in [0.15, 0.2) is 42.9 Å². The van der Waals surface area contributed by atoms with Crippen LogP contribution in [0.1, 0.15) is 48.8 Å². The van der Waals surface area contributed by atoms with Gasteiger partial charge in [-0.1, -0.05) is 18.2 Å². The van der Waals surface area contributed by atoms with E-state index in [9.17, 15) is 4.79 Å². The molecule has 1 aliphatic carbocycles. The molecule has 2 atom stereocenters. The van der Waals surface area contributed by atoms with Crippen LogP contribution in [0, 0.1) is 0 Å². The predicted octanol–water partition coefficient (Wildman–Crippen LogP) is 3.45. The van der Waals surface area contributed by atoms with Gasteiger partial charge in [0.25, 0.3) is 5.91 Å². The number of aromatic amines is 2. The highest BCUT2D eigenvalue weighted by Gasteiger charge is 2.29. The van der Waals surface area contributed by atoms with Crippen LogP contribution in [0.2, 0.25) is 0 Å². The Morgan fingerprint density at radius 3 is 3.00 bits per heavy atom. The molecule has 0 spiro atoms. The van der Waals surface area contributed by atoms with Gasteiger partial charge in [-0.05, 0) is 44.7 Å². The molecule has 1 aromatic carbocycles. The summed E-state index contributed by atoms with van der Waals surface area (Å²) in [6.45, 7) is 3.56. The highest BCUT2D eigenvalue weighted by molar-refractivity contribution is 5.98. The molecule has 2 heterocycles. The number of carbonyl (C=O) groups excluding carboxylic acids is 1. The second-order valence-electron chi connectivity index (χ2n) is 7.32. The number of imidazole rings is 1. The number of fused-ring (bicyclic) bond motifs is 1. The molecule has 0 aliphatic heterocycles. The maximum Gasteiger partial charge on any atom is 0.270 e. The molecule has 6 heteroatoms. The summed E-state index contributed by atoms with van der Waals surface area (Å²) in [6.07, 6.45) is 7.98. The second-order valence-corrected chi connectivity index (χ2v) is 7.32. The first kappa shape index (κ1) is 17.8. The first-order valence-corrected chi connectivity index (χ1v) is 9.84. The van der Waals surface area contributed by atoms with Crippen molar-refractivity contribution in [3.8, 4) is 0 Å². The summed E-state index contributed by atoms with van der Waals surface area (Å²) >= 11 is 0. The Morgan fingerprint density at radius 2 is 2.22 bits per heavy atom. The molecule has 0 unspecified atom stereocenters. The third-order valence-electron chi connectivity index (χ3n) is 5.58.